The number of carbonyl (C=O) groups excluding carboxylic acids is 1. The van der Waals surface area contributed by atoms with Crippen molar-refractivity contribution in [3.63, 3.8) is 0 Å². The normalized spacial score (nSPS) is 12.6. The van der Waals surface area contributed by atoms with Crippen molar-refractivity contribution in [1.82, 2.24) is 4.72 Å². The molecule has 122 valence electrons. The van der Waals surface area contributed by atoms with Gasteiger partial charge >= 0.3 is 11.9 Å². The van der Waals surface area contributed by atoms with Crippen LogP contribution in [0.1, 0.15) is 18.9 Å². The van der Waals surface area contributed by atoms with Gasteiger partial charge in [0, 0.05) is 0 Å². The lowest BCUT2D eigenvalue weighted by Crippen LogP contribution is -2.43. The second-order valence-corrected chi connectivity index (χ2v) is 6.45. The van der Waals surface area contributed by atoms with E-state index in [0.29, 0.717) is 5.56 Å². The van der Waals surface area contributed by atoms with Crippen LogP contribution in [-0.2, 0) is 30.8 Å². The van der Waals surface area contributed by atoms with E-state index in [0.717, 1.165) is 0 Å². The fourth-order valence-electron chi connectivity index (χ4n) is 1.76. The van der Waals surface area contributed by atoms with Crippen LogP contribution in [0.25, 0.3) is 0 Å². The van der Waals surface area contributed by atoms with Crippen molar-refractivity contribution >= 4 is 22.0 Å². The maximum Gasteiger partial charge on any atom is 0.322 e. The molecule has 0 radical (unpaired) electrons. The highest BCUT2D eigenvalue weighted by atomic mass is 32.2. The third kappa shape index (κ3) is 6.68. The molecular weight excluding hydrogens is 310 g/mol. The van der Waals surface area contributed by atoms with Crippen LogP contribution in [0.4, 0.5) is 0 Å². The average molecular weight is 329 g/mol. The van der Waals surface area contributed by atoms with E-state index in [-0.39, 0.29) is 19.4 Å². The number of hydrogen-bond donors (Lipinski definition) is 2. The van der Waals surface area contributed by atoms with Crippen molar-refractivity contribution in [3.8, 4) is 0 Å². The molecule has 1 aromatic rings. The zero-order valence-corrected chi connectivity index (χ0v) is 13.0. The molecule has 1 aromatic carbocycles. The monoisotopic (exact) mass is 329 g/mol. The van der Waals surface area contributed by atoms with Gasteiger partial charge < -0.3 is 9.84 Å². The van der Waals surface area contributed by atoms with Gasteiger partial charge in [0.05, 0.1) is 18.8 Å². The summed E-state index contributed by atoms with van der Waals surface area (Å²) in [6.07, 6.45) is -0.296. The Morgan fingerprint density at radius 3 is 2.45 bits per heavy atom. The number of carboxylic acids is 1. The van der Waals surface area contributed by atoms with Crippen LogP contribution in [0.5, 0.6) is 0 Å². The fraction of sp³-hybridized carbons (Fsp3) is 0.429. The topological polar surface area (TPSA) is 110 Å². The quantitative estimate of drug-likeness (QED) is 0.640. The Bertz CT molecular complexity index is 599. The van der Waals surface area contributed by atoms with Gasteiger partial charge in [0.15, 0.2) is 0 Å². The number of carbonyl (C=O) groups is 2. The maximum atomic E-state index is 11.9. The standard InChI is InChI=1S/C14H19NO6S/c1-2-21-13(16)8-9-22(19,20)15-12(14(17)18)10-11-6-4-3-5-7-11/h3-7,12,15H,2,8-10H2,1H3,(H,17,18)/t12-/m1/s1. The van der Waals surface area contributed by atoms with Crippen LogP contribution in [0.15, 0.2) is 30.3 Å². The van der Waals surface area contributed by atoms with E-state index in [1.54, 1.807) is 37.3 Å². The van der Waals surface area contributed by atoms with Gasteiger partial charge in [-0.25, -0.2) is 13.1 Å². The summed E-state index contributed by atoms with van der Waals surface area (Å²) < 4.78 is 30.5. The number of benzene rings is 1. The third-order valence-electron chi connectivity index (χ3n) is 2.78. The van der Waals surface area contributed by atoms with E-state index >= 15 is 0 Å². The summed E-state index contributed by atoms with van der Waals surface area (Å²) in [4.78, 5) is 22.4. The number of esters is 1. The smallest absolute Gasteiger partial charge is 0.322 e. The summed E-state index contributed by atoms with van der Waals surface area (Å²) >= 11 is 0. The number of sulfonamides is 1. The van der Waals surface area contributed by atoms with E-state index in [1.807, 2.05) is 0 Å². The zero-order chi connectivity index (χ0) is 16.6. The van der Waals surface area contributed by atoms with Crippen molar-refractivity contribution in [2.45, 2.75) is 25.8 Å². The van der Waals surface area contributed by atoms with Crippen molar-refractivity contribution in [3.05, 3.63) is 35.9 Å². The van der Waals surface area contributed by atoms with Crippen LogP contribution in [-0.4, -0.2) is 43.9 Å². The lowest BCUT2D eigenvalue weighted by atomic mass is 10.1. The largest absolute Gasteiger partial charge is 0.480 e. The highest BCUT2D eigenvalue weighted by molar-refractivity contribution is 7.89. The molecule has 0 aliphatic rings. The minimum Gasteiger partial charge on any atom is -0.480 e. The number of nitrogens with one attached hydrogen (secondary N) is 1. The Hall–Kier alpha value is -1.93. The molecule has 0 heterocycles. The molecule has 2 N–H and O–H groups in total. The van der Waals surface area contributed by atoms with Crippen molar-refractivity contribution in [2.24, 2.45) is 0 Å². The summed E-state index contributed by atoms with van der Waals surface area (Å²) in [5, 5.41) is 9.14. The van der Waals surface area contributed by atoms with Crippen LogP contribution < -0.4 is 4.72 Å². The van der Waals surface area contributed by atoms with E-state index < -0.39 is 33.8 Å². The SMILES string of the molecule is CCOC(=O)CCS(=O)(=O)N[C@H](Cc1ccccc1)C(=O)O. The van der Waals surface area contributed by atoms with Crippen LogP contribution in [0.3, 0.4) is 0 Å². The van der Waals surface area contributed by atoms with Gasteiger partial charge in [-0.2, -0.15) is 0 Å². The minimum atomic E-state index is -3.89. The third-order valence-corrected chi connectivity index (χ3v) is 4.17. The van der Waals surface area contributed by atoms with Crippen LogP contribution in [0, 0.1) is 0 Å². The molecule has 0 aliphatic heterocycles. The lowest BCUT2D eigenvalue weighted by Gasteiger charge is -2.14. The minimum absolute atomic E-state index is 0.0226. The van der Waals surface area contributed by atoms with Crippen LogP contribution >= 0.6 is 0 Å². The Morgan fingerprint density at radius 2 is 1.91 bits per heavy atom. The first kappa shape index (κ1) is 18.1. The molecule has 0 aliphatic carbocycles. The van der Waals surface area contributed by atoms with Crippen molar-refractivity contribution in [1.29, 1.82) is 0 Å². The molecule has 0 saturated heterocycles. The number of ether oxygens (including phenoxy) is 1. The van der Waals surface area contributed by atoms with Gasteiger partial charge in [-0.1, -0.05) is 30.3 Å². The maximum absolute atomic E-state index is 11.9. The van der Waals surface area contributed by atoms with Gasteiger partial charge in [0.2, 0.25) is 10.0 Å². The molecule has 8 heteroatoms. The summed E-state index contributed by atoms with van der Waals surface area (Å²) in [7, 11) is -3.89. The Kier molecular flexibility index (Phi) is 7.00. The Labute approximate surface area is 129 Å². The van der Waals surface area contributed by atoms with E-state index in [4.69, 9.17) is 5.11 Å². The van der Waals surface area contributed by atoms with Crippen molar-refractivity contribution < 1.29 is 27.9 Å². The van der Waals surface area contributed by atoms with Gasteiger partial charge in [-0.05, 0) is 18.9 Å². The second kappa shape index (κ2) is 8.50. The second-order valence-electron chi connectivity index (χ2n) is 4.57. The first-order valence-electron chi connectivity index (χ1n) is 6.76. The molecule has 0 spiro atoms. The highest BCUT2D eigenvalue weighted by Crippen LogP contribution is 2.05. The summed E-state index contributed by atoms with van der Waals surface area (Å²) in [5.74, 6) is -2.42. The van der Waals surface area contributed by atoms with E-state index in [1.165, 1.54) is 0 Å². The number of carboxylic acid groups (broad SMARTS) is 1. The first-order chi connectivity index (χ1) is 10.3. The molecule has 0 bridgehead atoms. The zero-order valence-electron chi connectivity index (χ0n) is 12.2. The van der Waals surface area contributed by atoms with Gasteiger partial charge in [0.1, 0.15) is 6.04 Å². The van der Waals surface area contributed by atoms with E-state index in [9.17, 15) is 18.0 Å². The molecule has 0 unspecified atom stereocenters. The predicted molar refractivity (Wildman–Crippen MR) is 79.7 cm³/mol. The summed E-state index contributed by atoms with van der Waals surface area (Å²) in [6, 6.07) is 7.40. The molecule has 1 atom stereocenters. The number of hydrogen-bond acceptors (Lipinski definition) is 5. The highest BCUT2D eigenvalue weighted by Gasteiger charge is 2.25. The molecule has 1 rings (SSSR count). The Morgan fingerprint density at radius 1 is 1.27 bits per heavy atom. The first-order valence-corrected chi connectivity index (χ1v) is 8.41. The van der Waals surface area contributed by atoms with Crippen molar-refractivity contribution in [2.75, 3.05) is 12.4 Å². The molecular formula is C14H19NO6S. The number of aliphatic carboxylic acids is 1. The summed E-state index contributed by atoms with van der Waals surface area (Å²) in [6.45, 7) is 1.78. The fourth-order valence-corrected chi connectivity index (χ4v) is 2.93. The molecule has 0 fully saturated rings. The van der Waals surface area contributed by atoms with Gasteiger partial charge in [-0.3, -0.25) is 9.59 Å². The van der Waals surface area contributed by atoms with Crippen LogP contribution in [0.2, 0.25) is 0 Å². The molecule has 0 saturated carbocycles. The molecule has 7 nitrogen and oxygen atoms in total. The van der Waals surface area contributed by atoms with Gasteiger partial charge in [-0.15, -0.1) is 0 Å². The predicted octanol–water partition coefficient (Wildman–Crippen LogP) is 0.555. The molecule has 22 heavy (non-hydrogen) atoms. The lowest BCUT2D eigenvalue weighted by molar-refractivity contribution is -0.142. The molecule has 0 aromatic heterocycles. The Balaban J connectivity index is 2.65. The average Bonchev–Trinajstić information content (AvgIpc) is 2.46. The number of rotatable bonds is 9. The van der Waals surface area contributed by atoms with E-state index in [2.05, 4.69) is 9.46 Å². The molecule has 0 amide bonds. The summed E-state index contributed by atoms with van der Waals surface area (Å²) in [5.41, 5.74) is 0.697. The van der Waals surface area contributed by atoms with Gasteiger partial charge in [0.25, 0.3) is 0 Å².